The molecule has 0 rings (SSSR count). The predicted molar refractivity (Wildman–Crippen MR) is 42.7 cm³/mol. The number of hydrogen-bond acceptors (Lipinski definition) is 5. The van der Waals surface area contributed by atoms with Gasteiger partial charge in [-0.15, -0.1) is 0 Å². The van der Waals surface area contributed by atoms with Crippen LogP contribution in [-0.4, -0.2) is 52.4 Å². The van der Waals surface area contributed by atoms with E-state index in [0.29, 0.717) is 0 Å². The average molecular weight is 191 g/mol. The minimum absolute atomic E-state index is 0.131. The molecule has 6 heteroatoms. The van der Waals surface area contributed by atoms with E-state index >= 15 is 0 Å². The Morgan fingerprint density at radius 1 is 1.23 bits per heavy atom. The van der Waals surface area contributed by atoms with Crippen LogP contribution in [0.25, 0.3) is 0 Å². The highest BCUT2D eigenvalue weighted by atomic mass is 16.3. The number of rotatable bonds is 6. The molecule has 4 unspecified atom stereocenters. The normalized spacial score (nSPS) is 19.7. The van der Waals surface area contributed by atoms with Crippen molar-refractivity contribution in [3.05, 3.63) is 0 Å². The monoisotopic (exact) mass is 191 g/mol. The number of hydrogen-bond donors (Lipinski definition) is 4. The highest BCUT2D eigenvalue weighted by Gasteiger charge is 2.29. The number of nitrogens with one attached hydrogen (secondary N) is 1. The molecule has 0 saturated heterocycles. The Morgan fingerprint density at radius 2 is 1.77 bits per heavy atom. The fourth-order valence-corrected chi connectivity index (χ4v) is 0.895. The molecule has 0 aliphatic heterocycles. The number of aliphatic hydroxyl groups excluding tert-OH is 3. The van der Waals surface area contributed by atoms with E-state index in [1.54, 1.807) is 0 Å². The molecular weight excluding hydrogens is 178 g/mol. The molecule has 76 valence electrons. The summed E-state index contributed by atoms with van der Waals surface area (Å²) >= 11 is 0. The lowest BCUT2D eigenvalue weighted by Crippen LogP contribution is -2.52. The predicted octanol–water partition coefficient (Wildman–Crippen LogP) is -2.60. The summed E-state index contributed by atoms with van der Waals surface area (Å²) in [4.78, 5) is 20.1. The van der Waals surface area contributed by atoms with Crippen LogP contribution in [0.3, 0.4) is 0 Å². The zero-order valence-corrected chi connectivity index (χ0v) is 7.12. The molecule has 0 fully saturated rings. The maximum atomic E-state index is 10.1. The maximum absolute atomic E-state index is 10.1. The van der Waals surface area contributed by atoms with Crippen molar-refractivity contribution >= 4 is 12.7 Å². The first-order chi connectivity index (χ1) is 6.04. The summed E-state index contributed by atoms with van der Waals surface area (Å²) in [7, 11) is 0. The molecule has 0 aliphatic carbocycles. The molecule has 0 bridgehead atoms. The van der Waals surface area contributed by atoms with Crippen LogP contribution in [0.2, 0.25) is 0 Å². The van der Waals surface area contributed by atoms with Crippen molar-refractivity contribution in [1.82, 2.24) is 5.32 Å². The standard InChI is InChI=1S/C7H13NO5/c1-4(11)6(8-3-10)7(13)5(12)2-9/h2-7,11-13H,1H3,(H,8,10). The largest absolute Gasteiger partial charge is 0.391 e. The lowest BCUT2D eigenvalue weighted by molar-refractivity contribution is -0.125. The molecule has 0 spiro atoms. The zero-order chi connectivity index (χ0) is 10.4. The number of carbonyl (C=O) groups excluding carboxylic acids is 2. The third-order valence-electron chi connectivity index (χ3n) is 1.64. The number of aldehydes is 1. The minimum atomic E-state index is -1.62. The van der Waals surface area contributed by atoms with Crippen LogP contribution < -0.4 is 5.32 Å². The van der Waals surface area contributed by atoms with Crippen molar-refractivity contribution in [2.45, 2.75) is 31.3 Å². The lowest BCUT2D eigenvalue weighted by Gasteiger charge is -2.25. The van der Waals surface area contributed by atoms with E-state index in [9.17, 15) is 14.7 Å². The summed E-state index contributed by atoms with van der Waals surface area (Å²) < 4.78 is 0. The minimum Gasteiger partial charge on any atom is -0.391 e. The molecule has 0 heterocycles. The fourth-order valence-electron chi connectivity index (χ4n) is 0.895. The molecule has 0 saturated carbocycles. The molecule has 4 atom stereocenters. The van der Waals surface area contributed by atoms with Gasteiger partial charge in [0.05, 0.1) is 12.1 Å². The molecule has 13 heavy (non-hydrogen) atoms. The first-order valence-electron chi connectivity index (χ1n) is 3.73. The summed E-state index contributed by atoms with van der Waals surface area (Å²) in [5.74, 6) is 0. The van der Waals surface area contributed by atoms with Gasteiger partial charge in [-0.1, -0.05) is 0 Å². The molecule has 0 radical (unpaired) electrons. The quantitative estimate of drug-likeness (QED) is 0.344. The van der Waals surface area contributed by atoms with Crippen molar-refractivity contribution < 1.29 is 24.9 Å². The molecule has 6 nitrogen and oxygen atoms in total. The molecular formula is C7H13NO5. The van der Waals surface area contributed by atoms with E-state index < -0.39 is 24.4 Å². The summed E-state index contributed by atoms with van der Waals surface area (Å²) in [5.41, 5.74) is 0. The fraction of sp³-hybridized carbons (Fsp3) is 0.714. The van der Waals surface area contributed by atoms with Gasteiger partial charge in [-0.3, -0.25) is 4.79 Å². The topological polar surface area (TPSA) is 107 Å². The van der Waals surface area contributed by atoms with Gasteiger partial charge < -0.3 is 25.4 Å². The van der Waals surface area contributed by atoms with Crippen LogP contribution in [0.1, 0.15) is 6.92 Å². The van der Waals surface area contributed by atoms with Gasteiger partial charge in [-0.2, -0.15) is 0 Å². The third kappa shape index (κ3) is 3.49. The number of carbonyl (C=O) groups is 2. The third-order valence-corrected chi connectivity index (χ3v) is 1.64. The van der Waals surface area contributed by atoms with Crippen molar-refractivity contribution in [2.24, 2.45) is 0 Å². The Hall–Kier alpha value is -0.980. The van der Waals surface area contributed by atoms with Gasteiger partial charge in [-0.05, 0) is 6.92 Å². The number of aliphatic hydroxyl groups is 3. The smallest absolute Gasteiger partial charge is 0.207 e. The zero-order valence-electron chi connectivity index (χ0n) is 7.12. The van der Waals surface area contributed by atoms with Crippen LogP contribution in [0.15, 0.2) is 0 Å². The molecule has 4 N–H and O–H groups in total. The second-order valence-electron chi connectivity index (χ2n) is 2.67. The van der Waals surface area contributed by atoms with Crippen LogP contribution in [0.4, 0.5) is 0 Å². The van der Waals surface area contributed by atoms with Gasteiger partial charge in [0.1, 0.15) is 12.2 Å². The van der Waals surface area contributed by atoms with E-state index in [4.69, 9.17) is 10.2 Å². The second kappa shape index (κ2) is 5.63. The van der Waals surface area contributed by atoms with E-state index in [1.807, 2.05) is 0 Å². The van der Waals surface area contributed by atoms with Gasteiger partial charge in [0.15, 0.2) is 6.29 Å². The highest BCUT2D eigenvalue weighted by Crippen LogP contribution is 2.02. The van der Waals surface area contributed by atoms with E-state index in [0.717, 1.165) is 0 Å². The molecule has 0 aromatic rings. The first-order valence-corrected chi connectivity index (χ1v) is 3.73. The average Bonchev–Trinajstić information content (AvgIpc) is 2.11. The van der Waals surface area contributed by atoms with Gasteiger partial charge >= 0.3 is 0 Å². The molecule has 0 aromatic heterocycles. The Kier molecular flexibility index (Phi) is 5.20. The Labute approximate surface area is 75.2 Å². The molecule has 0 aliphatic rings. The number of amides is 1. The maximum Gasteiger partial charge on any atom is 0.207 e. The lowest BCUT2D eigenvalue weighted by atomic mass is 10.0. The van der Waals surface area contributed by atoms with Crippen LogP contribution in [0.5, 0.6) is 0 Å². The van der Waals surface area contributed by atoms with Gasteiger partial charge in [-0.25, -0.2) is 0 Å². The van der Waals surface area contributed by atoms with Crippen molar-refractivity contribution in [2.75, 3.05) is 0 Å². The summed E-state index contributed by atoms with van der Waals surface area (Å²) in [6, 6.07) is -1.06. The summed E-state index contributed by atoms with van der Waals surface area (Å²) in [6.07, 6.45) is -3.78. The second-order valence-corrected chi connectivity index (χ2v) is 2.67. The van der Waals surface area contributed by atoms with Crippen LogP contribution >= 0.6 is 0 Å². The van der Waals surface area contributed by atoms with E-state index in [2.05, 4.69) is 5.32 Å². The summed E-state index contributed by atoms with van der Waals surface area (Å²) in [5, 5.41) is 29.3. The van der Waals surface area contributed by atoms with Crippen molar-refractivity contribution in [1.29, 1.82) is 0 Å². The van der Waals surface area contributed by atoms with E-state index in [-0.39, 0.29) is 12.7 Å². The van der Waals surface area contributed by atoms with Gasteiger partial charge in [0.2, 0.25) is 6.41 Å². The highest BCUT2D eigenvalue weighted by molar-refractivity contribution is 5.57. The molecule has 0 aromatic carbocycles. The van der Waals surface area contributed by atoms with E-state index in [1.165, 1.54) is 6.92 Å². The van der Waals surface area contributed by atoms with Crippen LogP contribution in [0, 0.1) is 0 Å². The molecule has 1 amide bonds. The van der Waals surface area contributed by atoms with Crippen LogP contribution in [-0.2, 0) is 9.59 Å². The summed E-state index contributed by atoms with van der Waals surface area (Å²) in [6.45, 7) is 1.32. The van der Waals surface area contributed by atoms with Gasteiger partial charge in [0, 0.05) is 0 Å². The first kappa shape index (κ1) is 12.0. The van der Waals surface area contributed by atoms with Gasteiger partial charge in [0.25, 0.3) is 0 Å². The Morgan fingerprint density at radius 3 is 2.08 bits per heavy atom. The SMILES string of the molecule is CC(O)C(NC=O)C(O)C(O)C=O. The Bertz CT molecular complexity index is 172. The van der Waals surface area contributed by atoms with Crippen molar-refractivity contribution in [3.63, 3.8) is 0 Å². The van der Waals surface area contributed by atoms with Crippen molar-refractivity contribution in [3.8, 4) is 0 Å². The Balaban J connectivity index is 4.34.